The summed E-state index contributed by atoms with van der Waals surface area (Å²) < 4.78 is 5.48. The molecule has 7 nitrogen and oxygen atoms in total. The second-order valence-electron chi connectivity index (χ2n) is 10.5. The molecule has 3 heterocycles. The lowest BCUT2D eigenvalue weighted by Crippen LogP contribution is -2.48. The molecule has 2 aliphatic heterocycles. The lowest BCUT2D eigenvalue weighted by atomic mass is 10.1. The standard InChI is InChI=1S/C31H38N4O3S/c1-23-9-11-24(12-10-23)20-34(21-25-6-3-7-27(18-25)38-2)26-19-28(30(36)33-15-5-13-32-14-16-33)35(22-26)31(37)29-8-4-17-39-29/h3-4,6-12,17-18,26,28,32H,5,13-16,19-22H2,1-2H3. The fourth-order valence-electron chi connectivity index (χ4n) is 5.60. The Morgan fingerprint density at radius 2 is 1.85 bits per heavy atom. The van der Waals surface area contributed by atoms with E-state index in [0.717, 1.165) is 43.9 Å². The van der Waals surface area contributed by atoms with Gasteiger partial charge in [-0.15, -0.1) is 11.3 Å². The molecule has 2 atom stereocenters. The first-order chi connectivity index (χ1) is 19.0. The molecule has 206 valence electrons. The highest BCUT2D eigenvalue weighted by Gasteiger charge is 2.43. The minimum absolute atomic E-state index is 0.0421. The molecule has 3 aromatic rings. The number of rotatable bonds is 8. The van der Waals surface area contributed by atoms with Crippen molar-refractivity contribution in [3.8, 4) is 5.75 Å². The zero-order chi connectivity index (χ0) is 27.2. The summed E-state index contributed by atoms with van der Waals surface area (Å²) in [6, 6.07) is 20.1. The topological polar surface area (TPSA) is 65.1 Å². The van der Waals surface area contributed by atoms with Gasteiger partial charge in [-0.25, -0.2) is 0 Å². The Bertz CT molecular complexity index is 1240. The van der Waals surface area contributed by atoms with Gasteiger partial charge in [0.2, 0.25) is 5.91 Å². The summed E-state index contributed by atoms with van der Waals surface area (Å²) in [6.07, 6.45) is 1.55. The third kappa shape index (κ3) is 6.69. The zero-order valence-electron chi connectivity index (χ0n) is 22.8. The minimum Gasteiger partial charge on any atom is -0.497 e. The SMILES string of the molecule is COc1cccc(CN(Cc2ccc(C)cc2)C2CC(C(=O)N3CCCNCC3)N(C(=O)c3cccs3)C2)c1. The largest absolute Gasteiger partial charge is 0.497 e. The van der Waals surface area contributed by atoms with Crippen molar-refractivity contribution in [3.63, 3.8) is 0 Å². The second-order valence-corrected chi connectivity index (χ2v) is 11.5. The van der Waals surface area contributed by atoms with Crippen molar-refractivity contribution in [2.45, 2.75) is 44.9 Å². The van der Waals surface area contributed by atoms with Gasteiger partial charge >= 0.3 is 0 Å². The molecular weight excluding hydrogens is 508 g/mol. The number of thiophene rings is 1. The Morgan fingerprint density at radius 3 is 2.62 bits per heavy atom. The van der Waals surface area contributed by atoms with Gasteiger partial charge in [0.25, 0.3) is 5.91 Å². The fraction of sp³-hybridized carbons (Fsp3) is 0.419. The van der Waals surface area contributed by atoms with Gasteiger partial charge in [0.15, 0.2) is 0 Å². The minimum atomic E-state index is -0.464. The maximum atomic E-state index is 13.9. The molecule has 2 aromatic carbocycles. The highest BCUT2D eigenvalue weighted by molar-refractivity contribution is 7.12. The predicted octanol–water partition coefficient (Wildman–Crippen LogP) is 4.17. The lowest BCUT2D eigenvalue weighted by Gasteiger charge is -2.29. The number of benzene rings is 2. The number of nitrogens with one attached hydrogen (secondary N) is 1. The molecule has 0 saturated carbocycles. The van der Waals surface area contributed by atoms with E-state index in [0.29, 0.717) is 30.9 Å². The summed E-state index contributed by atoms with van der Waals surface area (Å²) >= 11 is 1.44. The highest BCUT2D eigenvalue weighted by atomic mass is 32.1. The summed E-state index contributed by atoms with van der Waals surface area (Å²) in [4.78, 5) is 34.5. The molecule has 2 amide bonds. The number of hydrogen-bond donors (Lipinski definition) is 1. The van der Waals surface area contributed by atoms with E-state index in [-0.39, 0.29) is 17.9 Å². The van der Waals surface area contributed by atoms with Gasteiger partial charge in [0.1, 0.15) is 11.8 Å². The predicted molar refractivity (Wildman–Crippen MR) is 155 cm³/mol. The Morgan fingerprint density at radius 1 is 1.03 bits per heavy atom. The van der Waals surface area contributed by atoms with E-state index in [4.69, 9.17) is 4.74 Å². The first-order valence-electron chi connectivity index (χ1n) is 13.8. The van der Waals surface area contributed by atoms with Crippen LogP contribution < -0.4 is 10.1 Å². The number of amides is 2. The van der Waals surface area contributed by atoms with E-state index in [1.165, 1.54) is 22.5 Å². The van der Waals surface area contributed by atoms with Crippen molar-refractivity contribution >= 4 is 23.2 Å². The van der Waals surface area contributed by atoms with Crippen molar-refractivity contribution in [1.82, 2.24) is 20.0 Å². The van der Waals surface area contributed by atoms with Gasteiger partial charge in [-0.1, -0.05) is 48.0 Å². The summed E-state index contributed by atoms with van der Waals surface area (Å²) in [5.74, 6) is 0.852. The van der Waals surface area contributed by atoms with Crippen LogP contribution in [0.1, 0.15) is 39.2 Å². The molecule has 0 radical (unpaired) electrons. The van der Waals surface area contributed by atoms with Crippen LogP contribution in [0.15, 0.2) is 66.0 Å². The molecule has 2 fully saturated rings. The highest BCUT2D eigenvalue weighted by Crippen LogP contribution is 2.30. The second kappa shape index (κ2) is 12.8. The molecule has 2 saturated heterocycles. The van der Waals surface area contributed by atoms with Crippen LogP contribution in [0.2, 0.25) is 0 Å². The molecule has 2 aliphatic rings. The average molecular weight is 547 g/mol. The molecule has 1 aromatic heterocycles. The number of carbonyl (C=O) groups excluding carboxylic acids is 2. The third-order valence-corrected chi connectivity index (χ3v) is 8.61. The molecule has 0 bridgehead atoms. The van der Waals surface area contributed by atoms with Crippen LogP contribution in [0.3, 0.4) is 0 Å². The molecular formula is C31H38N4O3S. The average Bonchev–Trinajstić information content (AvgIpc) is 3.58. The van der Waals surface area contributed by atoms with E-state index >= 15 is 0 Å². The van der Waals surface area contributed by atoms with E-state index in [1.54, 1.807) is 7.11 Å². The molecule has 2 unspecified atom stereocenters. The van der Waals surface area contributed by atoms with Crippen molar-refractivity contribution < 1.29 is 14.3 Å². The number of hydrogen-bond acceptors (Lipinski definition) is 6. The van der Waals surface area contributed by atoms with Crippen molar-refractivity contribution in [2.24, 2.45) is 0 Å². The van der Waals surface area contributed by atoms with E-state index in [1.807, 2.05) is 39.4 Å². The summed E-state index contributed by atoms with van der Waals surface area (Å²) in [6.45, 7) is 7.16. The normalized spacial score (nSPS) is 19.8. The van der Waals surface area contributed by atoms with Crippen LogP contribution in [0.4, 0.5) is 0 Å². The van der Waals surface area contributed by atoms with Crippen LogP contribution in [0, 0.1) is 6.92 Å². The van der Waals surface area contributed by atoms with Crippen molar-refractivity contribution in [2.75, 3.05) is 39.8 Å². The van der Waals surface area contributed by atoms with Gasteiger partial charge in [0.05, 0.1) is 12.0 Å². The molecule has 8 heteroatoms. The fourth-order valence-corrected chi connectivity index (χ4v) is 6.28. The molecule has 0 spiro atoms. The number of nitrogens with zero attached hydrogens (tertiary/aromatic N) is 3. The number of carbonyl (C=O) groups is 2. The van der Waals surface area contributed by atoms with Gasteiger partial charge in [-0.2, -0.15) is 0 Å². The van der Waals surface area contributed by atoms with Crippen LogP contribution in [-0.2, 0) is 17.9 Å². The summed E-state index contributed by atoms with van der Waals surface area (Å²) in [5, 5.41) is 5.30. The van der Waals surface area contributed by atoms with Gasteiger partial charge in [-0.05, 0) is 61.0 Å². The maximum Gasteiger partial charge on any atom is 0.264 e. The van der Waals surface area contributed by atoms with Crippen LogP contribution in [-0.4, -0.2) is 78.4 Å². The Labute approximate surface area is 235 Å². The van der Waals surface area contributed by atoms with E-state index < -0.39 is 6.04 Å². The van der Waals surface area contributed by atoms with Gasteiger partial charge in [0, 0.05) is 45.3 Å². The Balaban J connectivity index is 1.44. The third-order valence-electron chi connectivity index (χ3n) is 7.75. The van der Waals surface area contributed by atoms with Crippen LogP contribution >= 0.6 is 11.3 Å². The monoisotopic (exact) mass is 546 g/mol. The Hall–Kier alpha value is -3.20. The summed E-state index contributed by atoms with van der Waals surface area (Å²) in [5.41, 5.74) is 3.59. The van der Waals surface area contributed by atoms with Crippen molar-refractivity contribution in [3.05, 3.63) is 87.6 Å². The summed E-state index contributed by atoms with van der Waals surface area (Å²) in [7, 11) is 1.68. The maximum absolute atomic E-state index is 13.9. The molecule has 1 N–H and O–H groups in total. The number of ether oxygens (including phenoxy) is 1. The Kier molecular flexibility index (Phi) is 8.96. The van der Waals surface area contributed by atoms with Gasteiger partial charge in [-0.3, -0.25) is 14.5 Å². The molecule has 5 rings (SSSR count). The molecule has 0 aliphatic carbocycles. The first kappa shape index (κ1) is 27.4. The van der Waals surface area contributed by atoms with Crippen LogP contribution in [0.5, 0.6) is 5.75 Å². The quantitative estimate of drug-likeness (QED) is 0.460. The van der Waals surface area contributed by atoms with Crippen LogP contribution in [0.25, 0.3) is 0 Å². The van der Waals surface area contributed by atoms with Gasteiger partial charge < -0.3 is 19.9 Å². The smallest absolute Gasteiger partial charge is 0.264 e. The first-order valence-corrected chi connectivity index (χ1v) is 14.7. The van der Waals surface area contributed by atoms with E-state index in [9.17, 15) is 9.59 Å². The molecule has 39 heavy (non-hydrogen) atoms. The zero-order valence-corrected chi connectivity index (χ0v) is 23.7. The van der Waals surface area contributed by atoms with Crippen molar-refractivity contribution in [1.29, 1.82) is 0 Å². The number of likely N-dealkylation sites (tertiary alicyclic amines) is 1. The number of aryl methyl sites for hydroxylation is 1. The number of methoxy groups -OCH3 is 1. The lowest BCUT2D eigenvalue weighted by molar-refractivity contribution is -0.135. The van der Waals surface area contributed by atoms with E-state index in [2.05, 4.69) is 53.5 Å².